The largest absolute Gasteiger partial charge is 0.416 e. The Morgan fingerprint density at radius 3 is 2.46 bits per heavy atom. The number of piperazine rings is 1. The van der Waals surface area contributed by atoms with Crippen molar-refractivity contribution in [1.29, 1.82) is 0 Å². The van der Waals surface area contributed by atoms with Gasteiger partial charge >= 0.3 is 6.18 Å². The maximum Gasteiger partial charge on any atom is 0.416 e. The number of nitrogens with one attached hydrogen (secondary N) is 1. The molecule has 1 fully saturated rings. The molecule has 0 bridgehead atoms. The highest BCUT2D eigenvalue weighted by Crippen LogP contribution is 2.22. The number of aliphatic imine (C=N–C) groups is 1. The zero-order chi connectivity index (χ0) is 19.3. The quantitative estimate of drug-likeness (QED) is 0.477. The molecule has 2 N–H and O–H groups in total. The molecule has 10 heteroatoms. The van der Waals surface area contributed by atoms with Gasteiger partial charge in [-0.1, -0.05) is 0 Å². The van der Waals surface area contributed by atoms with Crippen LogP contribution in [-0.2, 0) is 0 Å². The van der Waals surface area contributed by atoms with Gasteiger partial charge in [-0.3, -0.25) is 4.99 Å². The van der Waals surface area contributed by atoms with E-state index in [0.29, 0.717) is 32.7 Å². The summed E-state index contributed by atoms with van der Waals surface area (Å²) in [6, 6.07) is 3.21. The third kappa shape index (κ3) is 5.20. The molecule has 0 amide bonds. The van der Waals surface area contributed by atoms with E-state index in [9.17, 15) is 22.0 Å². The van der Waals surface area contributed by atoms with Gasteiger partial charge in [0.25, 0.3) is 0 Å². The lowest BCUT2D eigenvalue weighted by atomic mass is 10.2. The van der Waals surface area contributed by atoms with Gasteiger partial charge in [0, 0.05) is 38.8 Å². The first-order valence-corrected chi connectivity index (χ1v) is 8.20. The summed E-state index contributed by atoms with van der Waals surface area (Å²) in [5, 5.41) is 12.0. The minimum Gasteiger partial charge on any atom is -0.382 e. The van der Waals surface area contributed by atoms with Crippen molar-refractivity contribution in [2.75, 3.05) is 44.2 Å². The van der Waals surface area contributed by atoms with Crippen molar-refractivity contribution in [2.45, 2.75) is 19.2 Å². The Labute approximate surface area is 148 Å². The molecule has 1 saturated heterocycles. The summed E-state index contributed by atoms with van der Waals surface area (Å²) in [5.74, 6) is -0.830. The highest BCUT2D eigenvalue weighted by Gasteiger charge is 2.38. The minimum atomic E-state index is -4.73. The fraction of sp³-hybridized carbons (Fsp3) is 0.562. The summed E-state index contributed by atoms with van der Waals surface area (Å²) < 4.78 is 64.4. The first kappa shape index (κ1) is 20.2. The van der Waals surface area contributed by atoms with E-state index in [1.165, 1.54) is 0 Å². The number of halogens is 5. The standard InChI is InChI=1S/C16H21F5N4O/c1-2-22-15(23-10-14(26)16(19,20)21)25-7-5-24(6-8-25)13-9-11(17)3-4-12(13)18/h3-4,9,14,26H,2,5-8,10H2,1H3,(H,22,23). The Bertz CT molecular complexity index is 630. The fourth-order valence-electron chi connectivity index (χ4n) is 2.59. The third-order valence-corrected chi connectivity index (χ3v) is 3.95. The lowest BCUT2D eigenvalue weighted by molar-refractivity contribution is -0.199. The number of anilines is 1. The molecule has 0 aromatic heterocycles. The average molecular weight is 380 g/mol. The molecule has 1 aromatic carbocycles. The van der Waals surface area contributed by atoms with Crippen LogP contribution in [0.25, 0.3) is 0 Å². The van der Waals surface area contributed by atoms with Crippen molar-refractivity contribution in [1.82, 2.24) is 10.2 Å². The molecule has 1 atom stereocenters. The number of aliphatic hydroxyl groups excluding tert-OH is 1. The second-order valence-electron chi connectivity index (χ2n) is 5.82. The Balaban J connectivity index is 2.02. The van der Waals surface area contributed by atoms with Crippen LogP contribution in [0, 0.1) is 11.6 Å². The Hall–Kier alpha value is -2.10. The zero-order valence-corrected chi connectivity index (χ0v) is 14.2. The molecule has 1 aliphatic rings. The fourth-order valence-corrected chi connectivity index (χ4v) is 2.59. The molecule has 1 heterocycles. The molecule has 1 aliphatic heterocycles. The predicted molar refractivity (Wildman–Crippen MR) is 88.2 cm³/mol. The molecular weight excluding hydrogens is 359 g/mol. The Morgan fingerprint density at radius 1 is 1.23 bits per heavy atom. The predicted octanol–water partition coefficient (Wildman–Crippen LogP) is 1.98. The molecule has 0 radical (unpaired) electrons. The lowest BCUT2D eigenvalue weighted by Crippen LogP contribution is -2.53. The summed E-state index contributed by atoms with van der Waals surface area (Å²) >= 11 is 0. The molecule has 1 aromatic rings. The number of hydrogen-bond acceptors (Lipinski definition) is 3. The molecule has 5 nitrogen and oxygen atoms in total. The molecular formula is C16H21F5N4O. The molecule has 2 rings (SSSR count). The van der Waals surface area contributed by atoms with Crippen LogP contribution in [0.2, 0.25) is 0 Å². The monoisotopic (exact) mass is 380 g/mol. The molecule has 1 unspecified atom stereocenters. The molecule has 0 spiro atoms. The first-order chi connectivity index (χ1) is 12.2. The van der Waals surface area contributed by atoms with Crippen molar-refractivity contribution < 1.29 is 27.1 Å². The number of aliphatic hydroxyl groups is 1. The number of hydrogen-bond donors (Lipinski definition) is 2. The van der Waals surface area contributed by atoms with Gasteiger partial charge in [-0.15, -0.1) is 0 Å². The minimum absolute atomic E-state index is 0.152. The second kappa shape index (κ2) is 8.52. The Morgan fingerprint density at radius 2 is 1.88 bits per heavy atom. The van der Waals surface area contributed by atoms with Gasteiger partial charge < -0.3 is 20.2 Å². The van der Waals surface area contributed by atoms with Crippen LogP contribution in [0.4, 0.5) is 27.6 Å². The van der Waals surface area contributed by atoms with E-state index in [0.717, 1.165) is 18.2 Å². The van der Waals surface area contributed by atoms with Crippen LogP contribution in [0.15, 0.2) is 23.2 Å². The van der Waals surface area contributed by atoms with E-state index >= 15 is 0 Å². The number of nitrogens with zero attached hydrogens (tertiary/aromatic N) is 3. The summed E-state index contributed by atoms with van der Waals surface area (Å²) in [6.07, 6.45) is -7.26. The van der Waals surface area contributed by atoms with Gasteiger partial charge in [-0.25, -0.2) is 8.78 Å². The molecule has 0 saturated carbocycles. The van der Waals surface area contributed by atoms with Crippen molar-refractivity contribution in [2.24, 2.45) is 4.99 Å². The van der Waals surface area contributed by atoms with Crippen molar-refractivity contribution >= 4 is 11.6 Å². The number of rotatable bonds is 4. The smallest absolute Gasteiger partial charge is 0.382 e. The normalized spacial score (nSPS) is 17.4. The summed E-state index contributed by atoms with van der Waals surface area (Å²) in [5.41, 5.74) is 0.152. The van der Waals surface area contributed by atoms with Crippen LogP contribution in [0.3, 0.4) is 0 Å². The van der Waals surface area contributed by atoms with Crippen LogP contribution in [-0.4, -0.2) is 67.5 Å². The van der Waals surface area contributed by atoms with Gasteiger partial charge in [0.2, 0.25) is 0 Å². The van der Waals surface area contributed by atoms with E-state index in [1.54, 1.807) is 16.7 Å². The number of guanidine groups is 1. The topological polar surface area (TPSA) is 51.1 Å². The highest BCUT2D eigenvalue weighted by atomic mass is 19.4. The van der Waals surface area contributed by atoms with Gasteiger partial charge in [0.05, 0.1) is 12.2 Å². The maximum atomic E-state index is 13.9. The van der Waals surface area contributed by atoms with E-state index < -0.39 is 30.5 Å². The number of alkyl halides is 3. The van der Waals surface area contributed by atoms with E-state index in [4.69, 9.17) is 5.11 Å². The molecule has 26 heavy (non-hydrogen) atoms. The Kier molecular flexibility index (Phi) is 6.63. The molecule has 0 aliphatic carbocycles. The number of benzene rings is 1. The van der Waals surface area contributed by atoms with Gasteiger partial charge in [-0.2, -0.15) is 13.2 Å². The van der Waals surface area contributed by atoms with E-state index in [-0.39, 0.29) is 11.6 Å². The van der Waals surface area contributed by atoms with Crippen molar-refractivity contribution in [3.63, 3.8) is 0 Å². The van der Waals surface area contributed by atoms with Crippen molar-refractivity contribution in [3.8, 4) is 0 Å². The van der Waals surface area contributed by atoms with E-state index in [2.05, 4.69) is 10.3 Å². The SMILES string of the molecule is CCNC(=NCC(O)C(F)(F)F)N1CCN(c2cc(F)ccc2F)CC1. The lowest BCUT2D eigenvalue weighted by Gasteiger charge is -2.37. The maximum absolute atomic E-state index is 13.9. The van der Waals surface area contributed by atoms with Crippen molar-refractivity contribution in [3.05, 3.63) is 29.8 Å². The van der Waals surface area contributed by atoms with Crippen LogP contribution in [0.1, 0.15) is 6.92 Å². The summed E-state index contributed by atoms with van der Waals surface area (Å²) in [4.78, 5) is 7.23. The third-order valence-electron chi connectivity index (χ3n) is 3.95. The van der Waals surface area contributed by atoms with Gasteiger partial charge in [0.1, 0.15) is 11.6 Å². The zero-order valence-electron chi connectivity index (χ0n) is 14.2. The van der Waals surface area contributed by atoms with Gasteiger partial charge in [-0.05, 0) is 19.1 Å². The first-order valence-electron chi connectivity index (χ1n) is 8.20. The van der Waals surface area contributed by atoms with E-state index in [1.807, 2.05) is 0 Å². The van der Waals surface area contributed by atoms with Crippen LogP contribution in [0.5, 0.6) is 0 Å². The highest BCUT2D eigenvalue weighted by molar-refractivity contribution is 5.80. The second-order valence-corrected chi connectivity index (χ2v) is 5.82. The average Bonchev–Trinajstić information content (AvgIpc) is 2.60. The molecule has 146 valence electrons. The van der Waals surface area contributed by atoms with Crippen LogP contribution < -0.4 is 10.2 Å². The summed E-state index contributed by atoms with van der Waals surface area (Å²) in [6.45, 7) is 2.85. The van der Waals surface area contributed by atoms with Crippen LogP contribution >= 0.6 is 0 Å². The van der Waals surface area contributed by atoms with Gasteiger partial charge in [0.15, 0.2) is 12.1 Å². The summed E-state index contributed by atoms with van der Waals surface area (Å²) in [7, 11) is 0.